The first kappa shape index (κ1) is 28.8. The summed E-state index contributed by atoms with van der Waals surface area (Å²) in [5.74, 6) is -0.946. The number of nitrogens with one attached hydrogen (secondary N) is 2. The summed E-state index contributed by atoms with van der Waals surface area (Å²) < 4.78 is 81.0. The van der Waals surface area contributed by atoms with Crippen LogP contribution in [0.15, 0.2) is 48.7 Å². The quantitative estimate of drug-likeness (QED) is 0.341. The Labute approximate surface area is 232 Å². The number of carbonyl (C=O) groups is 2. The van der Waals surface area contributed by atoms with Crippen LogP contribution in [0.25, 0.3) is 10.9 Å². The SMILES string of the molecule is O=C(NC1CCCCC1)N1CCN(C(=O)c2cc(C(F)(F)F)cc(C(F)(F)F)c2)C(Cc2c[nH]c3ccccc23)C1. The van der Waals surface area contributed by atoms with Crippen LogP contribution in [0.1, 0.15) is 59.2 Å². The predicted molar refractivity (Wildman–Crippen MR) is 140 cm³/mol. The van der Waals surface area contributed by atoms with Crippen molar-refractivity contribution < 1.29 is 35.9 Å². The first-order chi connectivity index (χ1) is 19.4. The van der Waals surface area contributed by atoms with Gasteiger partial charge in [-0.15, -0.1) is 0 Å². The summed E-state index contributed by atoms with van der Waals surface area (Å²) in [5, 5.41) is 3.93. The van der Waals surface area contributed by atoms with Crippen molar-refractivity contribution in [2.45, 2.75) is 63.0 Å². The minimum absolute atomic E-state index is 0.00768. The van der Waals surface area contributed by atoms with E-state index in [0.717, 1.165) is 48.6 Å². The molecule has 2 N–H and O–H groups in total. The van der Waals surface area contributed by atoms with Gasteiger partial charge in [-0.25, -0.2) is 4.79 Å². The average molecular weight is 581 g/mol. The molecular weight excluding hydrogens is 550 g/mol. The fraction of sp³-hybridized carbons (Fsp3) is 0.448. The summed E-state index contributed by atoms with van der Waals surface area (Å²) in [6.07, 6.45) is -3.23. The minimum atomic E-state index is -5.07. The number of benzene rings is 2. The number of aromatic amines is 1. The number of fused-ring (bicyclic) bond motifs is 1. The summed E-state index contributed by atoms with van der Waals surface area (Å²) in [4.78, 5) is 32.8. The Morgan fingerprint density at radius 2 is 1.56 bits per heavy atom. The molecule has 1 aliphatic carbocycles. The van der Waals surface area contributed by atoms with Gasteiger partial charge in [0.05, 0.1) is 17.2 Å². The van der Waals surface area contributed by atoms with Gasteiger partial charge in [0, 0.05) is 48.3 Å². The monoisotopic (exact) mass is 580 g/mol. The second-order valence-electron chi connectivity index (χ2n) is 10.7. The first-order valence-corrected chi connectivity index (χ1v) is 13.6. The topological polar surface area (TPSA) is 68.4 Å². The molecule has 1 aromatic heterocycles. The Morgan fingerprint density at radius 1 is 0.902 bits per heavy atom. The number of hydrogen-bond donors (Lipinski definition) is 2. The second-order valence-corrected chi connectivity index (χ2v) is 10.7. The molecule has 5 rings (SSSR count). The summed E-state index contributed by atoms with van der Waals surface area (Å²) in [7, 11) is 0. The first-order valence-electron chi connectivity index (χ1n) is 13.6. The van der Waals surface area contributed by atoms with Gasteiger partial charge in [0.1, 0.15) is 0 Å². The third kappa shape index (κ3) is 6.46. The molecule has 1 unspecified atom stereocenters. The van der Waals surface area contributed by atoms with E-state index in [1.165, 1.54) is 4.90 Å². The minimum Gasteiger partial charge on any atom is -0.361 e. The molecule has 2 fully saturated rings. The van der Waals surface area contributed by atoms with Crippen molar-refractivity contribution in [2.24, 2.45) is 0 Å². The summed E-state index contributed by atoms with van der Waals surface area (Å²) in [6.45, 7) is 0.135. The Kier molecular flexibility index (Phi) is 7.93. The molecule has 6 nitrogen and oxygen atoms in total. The maximum Gasteiger partial charge on any atom is 0.416 e. The molecule has 3 aromatic rings. The second kappa shape index (κ2) is 11.3. The van der Waals surface area contributed by atoms with E-state index in [0.29, 0.717) is 12.1 Å². The molecule has 2 heterocycles. The van der Waals surface area contributed by atoms with E-state index >= 15 is 0 Å². The lowest BCUT2D eigenvalue weighted by atomic mass is 9.95. The van der Waals surface area contributed by atoms with E-state index in [9.17, 15) is 35.9 Å². The molecule has 2 aromatic carbocycles. The van der Waals surface area contributed by atoms with Crippen LogP contribution in [-0.2, 0) is 18.8 Å². The van der Waals surface area contributed by atoms with Crippen molar-refractivity contribution in [3.05, 3.63) is 70.9 Å². The fourth-order valence-electron chi connectivity index (χ4n) is 5.79. The largest absolute Gasteiger partial charge is 0.416 e. The van der Waals surface area contributed by atoms with Crippen LogP contribution in [0.4, 0.5) is 31.1 Å². The van der Waals surface area contributed by atoms with Crippen molar-refractivity contribution >= 4 is 22.8 Å². The molecule has 0 spiro atoms. The van der Waals surface area contributed by atoms with Crippen LogP contribution in [-0.4, -0.2) is 58.4 Å². The number of para-hydroxylation sites is 1. The highest BCUT2D eigenvalue weighted by Crippen LogP contribution is 2.37. The van der Waals surface area contributed by atoms with Crippen molar-refractivity contribution in [3.63, 3.8) is 0 Å². The molecule has 1 aliphatic heterocycles. The van der Waals surface area contributed by atoms with Crippen LogP contribution in [0.2, 0.25) is 0 Å². The average Bonchev–Trinajstić information content (AvgIpc) is 3.34. The van der Waals surface area contributed by atoms with Crippen LogP contribution >= 0.6 is 0 Å². The van der Waals surface area contributed by atoms with Gasteiger partial charge in [0.2, 0.25) is 0 Å². The fourth-order valence-corrected chi connectivity index (χ4v) is 5.79. The maximum atomic E-state index is 13.6. The third-order valence-corrected chi connectivity index (χ3v) is 7.93. The van der Waals surface area contributed by atoms with Crippen molar-refractivity contribution in [2.75, 3.05) is 19.6 Å². The number of carbonyl (C=O) groups excluding carboxylic acids is 2. The molecule has 1 saturated heterocycles. The van der Waals surface area contributed by atoms with E-state index in [2.05, 4.69) is 10.3 Å². The zero-order valence-electron chi connectivity index (χ0n) is 22.1. The van der Waals surface area contributed by atoms with Crippen LogP contribution in [0.3, 0.4) is 0 Å². The lowest BCUT2D eigenvalue weighted by molar-refractivity contribution is -0.143. The lowest BCUT2D eigenvalue weighted by Gasteiger charge is -2.42. The smallest absolute Gasteiger partial charge is 0.361 e. The Morgan fingerprint density at radius 3 is 2.22 bits per heavy atom. The van der Waals surface area contributed by atoms with Gasteiger partial charge in [-0.3, -0.25) is 4.79 Å². The number of amides is 3. The Balaban J connectivity index is 1.45. The molecule has 0 bridgehead atoms. The van der Waals surface area contributed by atoms with Gasteiger partial charge in [0.15, 0.2) is 0 Å². The number of halogens is 6. The van der Waals surface area contributed by atoms with Crippen molar-refractivity contribution in [1.82, 2.24) is 20.1 Å². The summed E-state index contributed by atoms with van der Waals surface area (Å²) in [5.41, 5.74) is -2.13. The standard InChI is InChI=1S/C29H30F6N4O2/c30-28(31,32)20-12-18(13-21(15-20)29(33,34)35)26(40)39-11-10-38(27(41)37-22-6-2-1-3-7-22)17-23(39)14-19-16-36-25-9-5-4-8-24(19)25/h4-5,8-9,12-13,15-16,22-23,36H,1-3,6-7,10-11,14,17H2,(H,37,41). The van der Waals surface area contributed by atoms with Gasteiger partial charge in [-0.05, 0) is 49.1 Å². The molecule has 1 saturated carbocycles. The van der Waals surface area contributed by atoms with Gasteiger partial charge in [-0.1, -0.05) is 37.5 Å². The molecule has 2 aliphatic rings. The van der Waals surface area contributed by atoms with Gasteiger partial charge in [-0.2, -0.15) is 26.3 Å². The highest BCUT2D eigenvalue weighted by Gasteiger charge is 2.40. The zero-order chi connectivity index (χ0) is 29.4. The summed E-state index contributed by atoms with van der Waals surface area (Å²) >= 11 is 0. The Bertz CT molecular complexity index is 1380. The zero-order valence-corrected chi connectivity index (χ0v) is 22.1. The summed E-state index contributed by atoms with van der Waals surface area (Å²) in [6, 6.07) is 7.45. The van der Waals surface area contributed by atoms with E-state index in [1.54, 1.807) is 11.1 Å². The van der Waals surface area contributed by atoms with Gasteiger partial charge in [0.25, 0.3) is 5.91 Å². The normalized spacial score (nSPS) is 19.0. The molecule has 3 amide bonds. The molecule has 0 radical (unpaired) electrons. The maximum absolute atomic E-state index is 13.6. The number of H-pyrrole nitrogens is 1. The van der Waals surface area contributed by atoms with E-state index in [-0.39, 0.29) is 44.2 Å². The lowest BCUT2D eigenvalue weighted by Crippen LogP contribution is -2.59. The number of nitrogens with zero attached hydrogens (tertiary/aromatic N) is 2. The molecule has 41 heavy (non-hydrogen) atoms. The van der Waals surface area contributed by atoms with Crippen LogP contribution in [0.5, 0.6) is 0 Å². The third-order valence-electron chi connectivity index (χ3n) is 7.93. The molecular formula is C29H30F6N4O2. The Hall–Kier alpha value is -3.70. The highest BCUT2D eigenvalue weighted by molar-refractivity contribution is 5.95. The predicted octanol–water partition coefficient (Wildman–Crippen LogP) is 6.62. The van der Waals surface area contributed by atoms with E-state index < -0.39 is 41.0 Å². The van der Waals surface area contributed by atoms with Crippen molar-refractivity contribution in [1.29, 1.82) is 0 Å². The van der Waals surface area contributed by atoms with Crippen LogP contribution < -0.4 is 5.32 Å². The molecule has 12 heteroatoms. The number of alkyl halides is 6. The number of aromatic nitrogens is 1. The number of urea groups is 1. The number of rotatable bonds is 4. The van der Waals surface area contributed by atoms with Gasteiger partial charge < -0.3 is 20.1 Å². The highest BCUT2D eigenvalue weighted by atomic mass is 19.4. The number of hydrogen-bond acceptors (Lipinski definition) is 2. The van der Waals surface area contributed by atoms with E-state index in [1.807, 2.05) is 24.3 Å². The molecule has 1 atom stereocenters. The van der Waals surface area contributed by atoms with Crippen LogP contribution in [0, 0.1) is 0 Å². The number of piperazine rings is 1. The van der Waals surface area contributed by atoms with Gasteiger partial charge >= 0.3 is 18.4 Å². The van der Waals surface area contributed by atoms with Crippen molar-refractivity contribution in [3.8, 4) is 0 Å². The molecule has 220 valence electrons. The van der Waals surface area contributed by atoms with E-state index in [4.69, 9.17) is 0 Å².